The van der Waals surface area contributed by atoms with Gasteiger partial charge >= 0.3 is 11.9 Å². The molecule has 4 aromatic carbocycles. The molecule has 0 bridgehead atoms. The van der Waals surface area contributed by atoms with Gasteiger partial charge in [-0.05, 0) is 104 Å². The van der Waals surface area contributed by atoms with Crippen molar-refractivity contribution in [1.82, 2.24) is 0 Å². The van der Waals surface area contributed by atoms with Gasteiger partial charge in [0.15, 0.2) is 0 Å². The third-order valence-corrected chi connectivity index (χ3v) is 14.9. The Bertz CT molecular complexity index is 2480. The summed E-state index contributed by atoms with van der Waals surface area (Å²) in [6.45, 7) is 2.09. The van der Waals surface area contributed by atoms with Gasteiger partial charge < -0.3 is 19.6 Å². The number of esters is 1. The van der Waals surface area contributed by atoms with E-state index in [0.717, 1.165) is 38.5 Å². The van der Waals surface area contributed by atoms with E-state index in [9.17, 15) is 31.5 Å². The lowest BCUT2D eigenvalue weighted by Gasteiger charge is -2.30. The molecule has 2 aliphatic heterocycles. The molecule has 0 spiro atoms. The molecule has 0 aromatic heterocycles. The second-order valence-corrected chi connectivity index (χ2v) is 18.5. The minimum Gasteiger partial charge on any atom is -0.478 e. The Morgan fingerprint density at radius 1 is 0.625 bits per heavy atom. The number of carbonyl (C=O) groups excluding carboxylic acids is 1. The van der Waals surface area contributed by atoms with Crippen molar-refractivity contribution in [1.29, 1.82) is 0 Å². The summed E-state index contributed by atoms with van der Waals surface area (Å²) in [6.07, 6.45) is 12.6. The molecular formula is C44H46N2O8S2. The molecule has 2 heterocycles. The van der Waals surface area contributed by atoms with E-state index in [1.54, 1.807) is 86.8 Å². The Morgan fingerprint density at radius 2 is 1.02 bits per heavy atom. The van der Waals surface area contributed by atoms with Crippen LogP contribution in [0.25, 0.3) is 11.1 Å². The minimum absolute atomic E-state index is 0.207. The lowest BCUT2D eigenvalue weighted by molar-refractivity contribution is -0.136. The third kappa shape index (κ3) is 7.28. The summed E-state index contributed by atoms with van der Waals surface area (Å²) in [4.78, 5) is 29.3. The molecule has 2 aliphatic carbocycles. The Balaban J connectivity index is 0.000000172. The number of allylic oxidation sites excluding steroid dienone is 2. The molecule has 56 heavy (non-hydrogen) atoms. The molecule has 10 nitrogen and oxygen atoms in total. The number of nitrogens with zero attached hydrogens (tertiary/aromatic N) is 2. The molecule has 0 saturated heterocycles. The van der Waals surface area contributed by atoms with Crippen LogP contribution in [-0.4, -0.2) is 54.6 Å². The first-order valence-electron chi connectivity index (χ1n) is 19.1. The highest BCUT2D eigenvalue weighted by Gasteiger charge is 2.35. The van der Waals surface area contributed by atoms with E-state index in [4.69, 9.17) is 4.74 Å². The van der Waals surface area contributed by atoms with E-state index in [1.165, 1.54) is 18.9 Å². The molecule has 0 atom stereocenters. The van der Waals surface area contributed by atoms with Crippen LogP contribution in [0.5, 0.6) is 0 Å². The fourth-order valence-electron chi connectivity index (χ4n) is 8.27. The van der Waals surface area contributed by atoms with Crippen LogP contribution in [0.1, 0.15) is 69.4 Å². The first kappa shape index (κ1) is 39.1. The fraction of sp³-hybridized carbons (Fsp3) is 0.318. The fourth-order valence-corrected chi connectivity index (χ4v) is 11.7. The molecule has 0 unspecified atom stereocenters. The predicted octanol–water partition coefficient (Wildman–Crippen LogP) is 9.00. The maximum Gasteiger partial charge on any atom is 0.338 e. The van der Waals surface area contributed by atoms with Crippen molar-refractivity contribution in [2.75, 3.05) is 30.5 Å². The summed E-state index contributed by atoms with van der Waals surface area (Å²) in [5, 5.41) is 9.72. The number of ether oxygens (including phenoxy) is 1. The molecule has 2 saturated carbocycles. The van der Waals surface area contributed by atoms with Gasteiger partial charge in [-0.25, -0.2) is 26.4 Å². The monoisotopic (exact) mass is 794 g/mol. The number of hydrogen-bond donors (Lipinski definition) is 1. The highest BCUT2D eigenvalue weighted by Crippen LogP contribution is 2.46. The Morgan fingerprint density at radius 3 is 1.45 bits per heavy atom. The van der Waals surface area contributed by atoms with Crippen molar-refractivity contribution in [3.63, 3.8) is 0 Å². The molecule has 8 rings (SSSR count). The molecule has 0 radical (unpaired) electrons. The van der Waals surface area contributed by atoms with E-state index in [2.05, 4.69) is 0 Å². The summed E-state index contributed by atoms with van der Waals surface area (Å²) in [7, 11) is -3.58. The van der Waals surface area contributed by atoms with Crippen LogP contribution >= 0.6 is 0 Å². The molecule has 4 aromatic rings. The molecule has 1 N–H and O–H groups in total. The Labute approximate surface area is 329 Å². The lowest BCUT2D eigenvalue weighted by atomic mass is 9.98. The number of benzene rings is 4. The average molecular weight is 795 g/mol. The number of carboxylic acids is 1. The standard InChI is InChI=1S/C23H25NO4S.C21H21NO4S/c1-3-28-23(25)18(14-16-8-4-5-9-16)17-12-13-22-20(15-17)24(2)19-10-6-7-11-21(19)29(22,26)27;1-22-17-8-4-5-9-19(17)27(25,26)20-11-10-15(13-18(20)22)16(21(23)24)12-14-6-2-3-7-14/h6-7,10-16H,3-5,8-9H2,1-2H3;4-5,8-14H,2-3,6-7H2,1H3,(H,23,24)/b18-14+;16-12+. The van der Waals surface area contributed by atoms with Crippen molar-refractivity contribution in [3.05, 3.63) is 108 Å². The highest BCUT2D eigenvalue weighted by molar-refractivity contribution is 7.92. The Kier molecular flexibility index (Phi) is 11.0. The third-order valence-electron chi connectivity index (χ3n) is 11.2. The number of rotatable bonds is 7. The number of fused-ring (bicyclic) bond motifs is 4. The average Bonchev–Trinajstić information content (AvgIpc) is 3.92. The van der Waals surface area contributed by atoms with Gasteiger partial charge in [0.05, 0.1) is 60.1 Å². The van der Waals surface area contributed by atoms with E-state index in [1.807, 2.05) is 35.1 Å². The molecule has 2 fully saturated rings. The van der Waals surface area contributed by atoms with E-state index >= 15 is 0 Å². The maximum absolute atomic E-state index is 13.1. The van der Waals surface area contributed by atoms with Crippen molar-refractivity contribution in [2.45, 2.75) is 77.9 Å². The van der Waals surface area contributed by atoms with Gasteiger partial charge in [0.25, 0.3) is 0 Å². The Hall–Kier alpha value is -5.20. The van der Waals surface area contributed by atoms with Crippen LogP contribution in [0.4, 0.5) is 22.7 Å². The molecular weight excluding hydrogens is 749 g/mol. The topological polar surface area (TPSA) is 138 Å². The normalized spacial score (nSPS) is 18.6. The van der Waals surface area contributed by atoms with E-state index in [-0.39, 0.29) is 32.1 Å². The summed E-state index contributed by atoms with van der Waals surface area (Å²) < 4.78 is 57.5. The van der Waals surface area contributed by atoms with Crippen LogP contribution in [0.15, 0.2) is 117 Å². The maximum atomic E-state index is 13.1. The molecule has 0 amide bonds. The quantitative estimate of drug-likeness (QED) is 0.143. The van der Waals surface area contributed by atoms with E-state index in [0.29, 0.717) is 56.9 Å². The number of anilines is 4. The van der Waals surface area contributed by atoms with Crippen molar-refractivity contribution in [2.24, 2.45) is 11.8 Å². The zero-order chi connectivity index (χ0) is 39.8. The van der Waals surface area contributed by atoms with Crippen molar-refractivity contribution < 1.29 is 36.3 Å². The van der Waals surface area contributed by atoms with Gasteiger partial charge in [-0.3, -0.25) is 0 Å². The number of sulfone groups is 2. The van der Waals surface area contributed by atoms with Gasteiger partial charge in [0.1, 0.15) is 0 Å². The number of aliphatic carboxylic acids is 1. The van der Waals surface area contributed by atoms with Crippen molar-refractivity contribution >= 4 is 65.5 Å². The number of hydrogen-bond acceptors (Lipinski definition) is 9. The summed E-state index contributed by atoms with van der Waals surface area (Å²) >= 11 is 0. The first-order chi connectivity index (χ1) is 26.8. The van der Waals surface area contributed by atoms with Gasteiger partial charge in [0, 0.05) is 14.1 Å². The smallest absolute Gasteiger partial charge is 0.338 e. The highest BCUT2D eigenvalue weighted by atomic mass is 32.2. The second kappa shape index (κ2) is 15.7. The van der Waals surface area contributed by atoms with Gasteiger partial charge in [-0.15, -0.1) is 0 Å². The first-order valence-corrected chi connectivity index (χ1v) is 22.1. The van der Waals surface area contributed by atoms with Crippen LogP contribution in [-0.2, 0) is 34.0 Å². The van der Waals surface area contributed by atoms with Crippen LogP contribution < -0.4 is 9.80 Å². The zero-order valence-electron chi connectivity index (χ0n) is 31.8. The number of para-hydroxylation sites is 2. The summed E-state index contributed by atoms with van der Waals surface area (Å²) in [5.74, 6) is -0.716. The summed E-state index contributed by atoms with van der Waals surface area (Å²) in [5.41, 5.74) is 4.30. The van der Waals surface area contributed by atoms with Crippen LogP contribution in [0.2, 0.25) is 0 Å². The van der Waals surface area contributed by atoms with Gasteiger partial charge in [-0.1, -0.05) is 74.2 Å². The number of carbonyl (C=O) groups is 2. The number of carboxylic acid groups (broad SMARTS) is 1. The van der Waals surface area contributed by atoms with E-state index < -0.39 is 25.6 Å². The van der Waals surface area contributed by atoms with Gasteiger partial charge in [-0.2, -0.15) is 0 Å². The van der Waals surface area contributed by atoms with Crippen molar-refractivity contribution in [3.8, 4) is 0 Å². The minimum atomic E-state index is -3.63. The summed E-state index contributed by atoms with van der Waals surface area (Å²) in [6, 6.07) is 23.8. The SMILES string of the molecule is CCOC(=O)/C(=C/C1CCCC1)c1ccc2c(c1)N(C)c1ccccc1S2(=O)=O.CN1c2ccccc2S(=O)(=O)c2ccc(/C(=C\C3CCCC3)C(=O)O)cc21. The zero-order valence-corrected chi connectivity index (χ0v) is 33.4. The van der Waals surface area contributed by atoms with Crippen LogP contribution in [0.3, 0.4) is 0 Å². The van der Waals surface area contributed by atoms with Gasteiger partial charge in [0.2, 0.25) is 19.7 Å². The predicted molar refractivity (Wildman–Crippen MR) is 217 cm³/mol. The largest absolute Gasteiger partial charge is 0.478 e. The van der Waals surface area contributed by atoms with Crippen LogP contribution in [0, 0.1) is 11.8 Å². The molecule has 12 heteroatoms. The molecule has 4 aliphatic rings. The second-order valence-electron chi connectivity index (χ2n) is 14.7. The molecule has 292 valence electrons. The lowest BCUT2D eigenvalue weighted by Crippen LogP contribution is -2.22.